The molecule has 1 aliphatic carbocycles. The Morgan fingerprint density at radius 2 is 1.88 bits per heavy atom. The second-order valence-corrected chi connectivity index (χ2v) is 9.68. The number of benzene rings is 3. The van der Waals surface area contributed by atoms with Crippen molar-refractivity contribution in [3.63, 3.8) is 0 Å². The fraction of sp³-hybridized carbons (Fsp3) is 0.286. The highest BCUT2D eigenvalue weighted by molar-refractivity contribution is 9.10. The molecule has 3 aromatic rings. The largest absolute Gasteiger partial charge is 0.493 e. The van der Waals surface area contributed by atoms with Crippen molar-refractivity contribution in [1.82, 2.24) is 0 Å². The van der Waals surface area contributed by atoms with Gasteiger partial charge in [0, 0.05) is 11.6 Å². The van der Waals surface area contributed by atoms with E-state index in [1.54, 1.807) is 7.11 Å². The molecule has 0 spiro atoms. The SMILES string of the molecule is COc1cc([C@@H]2Nc3c(C)cc(C)cc3[C@@H]3C=CC[C@@H]32)cc(Br)c1OCc1ccccc1. The quantitative estimate of drug-likeness (QED) is 0.376. The number of ether oxygens (including phenoxy) is 2. The van der Waals surface area contributed by atoms with Gasteiger partial charge in [0.1, 0.15) is 6.61 Å². The van der Waals surface area contributed by atoms with Crippen LogP contribution in [-0.4, -0.2) is 7.11 Å². The van der Waals surface area contributed by atoms with Crippen LogP contribution in [0.2, 0.25) is 0 Å². The van der Waals surface area contributed by atoms with Crippen molar-refractivity contribution in [2.45, 2.75) is 38.8 Å². The summed E-state index contributed by atoms with van der Waals surface area (Å²) in [6.07, 6.45) is 5.79. The Morgan fingerprint density at radius 3 is 2.66 bits per heavy atom. The molecule has 3 aromatic carbocycles. The number of methoxy groups -OCH3 is 1. The van der Waals surface area contributed by atoms with Gasteiger partial charge in [0.05, 0.1) is 17.6 Å². The van der Waals surface area contributed by atoms with Gasteiger partial charge in [-0.3, -0.25) is 0 Å². The van der Waals surface area contributed by atoms with Gasteiger partial charge in [-0.2, -0.15) is 0 Å². The van der Waals surface area contributed by atoms with Gasteiger partial charge in [-0.15, -0.1) is 0 Å². The van der Waals surface area contributed by atoms with Crippen LogP contribution in [0.1, 0.15) is 46.2 Å². The Kier molecular flexibility index (Phi) is 5.73. The average molecular weight is 490 g/mol. The predicted molar refractivity (Wildman–Crippen MR) is 134 cm³/mol. The molecule has 164 valence electrons. The van der Waals surface area contributed by atoms with Crippen LogP contribution >= 0.6 is 15.9 Å². The summed E-state index contributed by atoms with van der Waals surface area (Å²) >= 11 is 3.76. The molecule has 0 unspecified atom stereocenters. The first-order valence-electron chi connectivity index (χ1n) is 11.1. The maximum atomic E-state index is 6.16. The lowest BCUT2D eigenvalue weighted by atomic mass is 9.76. The van der Waals surface area contributed by atoms with Crippen molar-refractivity contribution < 1.29 is 9.47 Å². The Labute approximate surface area is 198 Å². The van der Waals surface area contributed by atoms with Gasteiger partial charge in [0.15, 0.2) is 11.5 Å². The van der Waals surface area contributed by atoms with Gasteiger partial charge >= 0.3 is 0 Å². The van der Waals surface area contributed by atoms with E-state index in [4.69, 9.17) is 9.47 Å². The Hall–Kier alpha value is -2.72. The van der Waals surface area contributed by atoms with E-state index in [0.717, 1.165) is 28.0 Å². The van der Waals surface area contributed by atoms with E-state index in [0.29, 0.717) is 18.4 Å². The van der Waals surface area contributed by atoms with E-state index < -0.39 is 0 Å². The minimum atomic E-state index is 0.206. The van der Waals surface area contributed by atoms with Crippen LogP contribution in [0.4, 0.5) is 5.69 Å². The van der Waals surface area contributed by atoms with Crippen LogP contribution in [0.25, 0.3) is 0 Å². The van der Waals surface area contributed by atoms with E-state index in [1.165, 1.54) is 27.9 Å². The molecule has 5 rings (SSSR count). The van der Waals surface area contributed by atoms with Crippen LogP contribution in [0.5, 0.6) is 11.5 Å². The van der Waals surface area contributed by atoms with E-state index in [2.05, 4.69) is 83.6 Å². The van der Waals surface area contributed by atoms with Gasteiger partial charge in [-0.25, -0.2) is 0 Å². The smallest absolute Gasteiger partial charge is 0.175 e. The van der Waals surface area contributed by atoms with Gasteiger partial charge in [0.25, 0.3) is 0 Å². The fourth-order valence-corrected chi connectivity index (χ4v) is 5.77. The Bertz CT molecular complexity index is 1170. The third kappa shape index (κ3) is 3.81. The molecule has 0 fully saturated rings. The first-order chi connectivity index (χ1) is 15.5. The summed E-state index contributed by atoms with van der Waals surface area (Å²) < 4.78 is 12.8. The lowest BCUT2D eigenvalue weighted by Crippen LogP contribution is -2.29. The van der Waals surface area contributed by atoms with Crippen molar-refractivity contribution in [3.05, 3.63) is 99.0 Å². The van der Waals surface area contributed by atoms with Gasteiger partial charge in [0.2, 0.25) is 0 Å². The van der Waals surface area contributed by atoms with Gasteiger partial charge < -0.3 is 14.8 Å². The second kappa shape index (κ2) is 8.67. The van der Waals surface area contributed by atoms with Crippen molar-refractivity contribution in [2.75, 3.05) is 12.4 Å². The summed E-state index contributed by atoms with van der Waals surface area (Å²) in [5.41, 5.74) is 7.66. The van der Waals surface area contributed by atoms with E-state index in [-0.39, 0.29) is 6.04 Å². The zero-order valence-electron chi connectivity index (χ0n) is 18.7. The third-order valence-corrected chi connectivity index (χ3v) is 7.24. The van der Waals surface area contributed by atoms with Crippen molar-refractivity contribution in [1.29, 1.82) is 0 Å². The molecule has 0 bridgehead atoms. The first-order valence-corrected chi connectivity index (χ1v) is 11.9. The number of hydrogen-bond acceptors (Lipinski definition) is 3. The highest BCUT2D eigenvalue weighted by atomic mass is 79.9. The van der Waals surface area contributed by atoms with Crippen LogP contribution in [0, 0.1) is 19.8 Å². The molecule has 0 radical (unpaired) electrons. The first kappa shape index (κ1) is 21.1. The molecular formula is C28H28BrNO2. The molecule has 1 aliphatic heterocycles. The minimum absolute atomic E-state index is 0.206. The molecule has 1 heterocycles. The molecule has 1 N–H and O–H groups in total. The van der Waals surface area contributed by atoms with Crippen LogP contribution in [-0.2, 0) is 6.61 Å². The maximum absolute atomic E-state index is 6.16. The minimum Gasteiger partial charge on any atom is -0.493 e. The molecule has 3 atom stereocenters. The van der Waals surface area contributed by atoms with E-state index in [9.17, 15) is 0 Å². The van der Waals surface area contributed by atoms with Crippen LogP contribution in [0.15, 0.2) is 71.2 Å². The molecule has 4 heteroatoms. The summed E-state index contributed by atoms with van der Waals surface area (Å²) in [6.45, 7) is 4.88. The zero-order valence-corrected chi connectivity index (χ0v) is 20.3. The van der Waals surface area contributed by atoms with E-state index in [1.807, 2.05) is 18.2 Å². The number of fused-ring (bicyclic) bond motifs is 3. The highest BCUT2D eigenvalue weighted by Gasteiger charge is 2.39. The number of aryl methyl sites for hydroxylation is 2. The number of anilines is 1. The average Bonchev–Trinajstić information content (AvgIpc) is 3.28. The third-order valence-electron chi connectivity index (χ3n) is 6.65. The summed E-state index contributed by atoms with van der Waals surface area (Å²) in [7, 11) is 1.71. The molecule has 0 saturated heterocycles. The molecule has 0 saturated carbocycles. The van der Waals surface area contributed by atoms with Crippen LogP contribution < -0.4 is 14.8 Å². The molecular weight excluding hydrogens is 462 g/mol. The van der Waals surface area contributed by atoms with Crippen LogP contribution in [0.3, 0.4) is 0 Å². The zero-order chi connectivity index (χ0) is 22.2. The standard InChI is InChI=1S/C28H28BrNO2/c1-17-12-18(2)26-23(13-17)21-10-7-11-22(21)27(30-26)20-14-24(29)28(25(15-20)31-3)32-16-19-8-5-4-6-9-19/h4-10,12-15,21-22,27,30H,11,16H2,1-3H3/t21-,22+,27+/m1/s1. The monoisotopic (exact) mass is 489 g/mol. The summed E-state index contributed by atoms with van der Waals surface area (Å²) in [5, 5.41) is 3.88. The predicted octanol–water partition coefficient (Wildman–Crippen LogP) is 7.48. The Morgan fingerprint density at radius 1 is 1.06 bits per heavy atom. The molecule has 32 heavy (non-hydrogen) atoms. The number of allylic oxidation sites excluding steroid dienone is 2. The summed E-state index contributed by atoms with van der Waals surface area (Å²) in [5.74, 6) is 2.41. The highest BCUT2D eigenvalue weighted by Crippen LogP contribution is 2.52. The van der Waals surface area contributed by atoms with Gasteiger partial charge in [-0.1, -0.05) is 60.2 Å². The number of halogens is 1. The lowest BCUT2D eigenvalue weighted by Gasteiger charge is -2.39. The maximum Gasteiger partial charge on any atom is 0.175 e. The topological polar surface area (TPSA) is 30.5 Å². The number of hydrogen-bond donors (Lipinski definition) is 1. The molecule has 0 aromatic heterocycles. The number of rotatable bonds is 5. The normalized spacial score (nSPS) is 20.9. The summed E-state index contributed by atoms with van der Waals surface area (Å²) in [6, 6.07) is 19.3. The second-order valence-electron chi connectivity index (χ2n) is 8.83. The fourth-order valence-electron chi connectivity index (χ4n) is 5.19. The summed E-state index contributed by atoms with van der Waals surface area (Å²) in [4.78, 5) is 0. The van der Waals surface area contributed by atoms with Crippen molar-refractivity contribution in [2.24, 2.45) is 5.92 Å². The molecule has 3 nitrogen and oxygen atoms in total. The Balaban J connectivity index is 1.49. The van der Waals surface area contributed by atoms with Crippen molar-refractivity contribution in [3.8, 4) is 11.5 Å². The molecule has 2 aliphatic rings. The lowest BCUT2D eigenvalue weighted by molar-refractivity contribution is 0.282. The number of nitrogens with one attached hydrogen (secondary N) is 1. The van der Waals surface area contributed by atoms with Crippen molar-refractivity contribution >= 4 is 21.6 Å². The molecule has 0 amide bonds. The van der Waals surface area contributed by atoms with E-state index >= 15 is 0 Å². The van der Waals surface area contributed by atoms with Gasteiger partial charge in [-0.05, 0) is 76.5 Å².